The van der Waals surface area contributed by atoms with Crippen LogP contribution in [0.1, 0.15) is 35.4 Å². The molecule has 0 saturated carbocycles. The number of amides is 1. The van der Waals surface area contributed by atoms with Gasteiger partial charge in [-0.15, -0.1) is 0 Å². The summed E-state index contributed by atoms with van der Waals surface area (Å²) in [5.41, 5.74) is 4.28. The Hall–Kier alpha value is -3.08. The Morgan fingerprint density at radius 3 is 2.33 bits per heavy atom. The van der Waals surface area contributed by atoms with E-state index in [-0.39, 0.29) is 5.91 Å². The lowest BCUT2D eigenvalue weighted by molar-refractivity contribution is 0.102. The van der Waals surface area contributed by atoms with E-state index in [1.54, 1.807) is 4.68 Å². The van der Waals surface area contributed by atoms with E-state index in [2.05, 4.69) is 27.4 Å². The molecule has 0 spiro atoms. The molecule has 1 N–H and O–H groups in total. The zero-order chi connectivity index (χ0) is 18.6. The minimum Gasteiger partial charge on any atom is -0.372 e. The molecular weight excluding hydrogens is 336 g/mol. The average Bonchev–Trinajstić information content (AvgIpc) is 3.12. The number of aryl methyl sites for hydroxylation is 1. The van der Waals surface area contributed by atoms with Gasteiger partial charge >= 0.3 is 0 Å². The summed E-state index contributed by atoms with van der Waals surface area (Å²) in [5, 5.41) is 7.41. The summed E-state index contributed by atoms with van der Waals surface area (Å²) >= 11 is 0. The Balaban J connectivity index is 1.46. The Bertz CT molecular complexity index is 909. The Morgan fingerprint density at radius 2 is 1.63 bits per heavy atom. The number of hydrogen-bond acceptors (Lipinski definition) is 3. The second-order valence-corrected chi connectivity index (χ2v) is 6.97. The van der Waals surface area contributed by atoms with Crippen LogP contribution in [0.3, 0.4) is 0 Å². The molecule has 27 heavy (non-hydrogen) atoms. The minimum absolute atomic E-state index is 0.196. The number of benzene rings is 2. The largest absolute Gasteiger partial charge is 0.372 e. The van der Waals surface area contributed by atoms with Crippen LogP contribution in [0.25, 0.3) is 5.69 Å². The van der Waals surface area contributed by atoms with E-state index in [1.165, 1.54) is 24.9 Å². The van der Waals surface area contributed by atoms with Gasteiger partial charge in [-0.1, -0.05) is 18.2 Å². The van der Waals surface area contributed by atoms with E-state index >= 15 is 0 Å². The Morgan fingerprint density at radius 1 is 0.926 bits per heavy atom. The number of anilines is 2. The Labute approximate surface area is 159 Å². The molecule has 4 rings (SSSR count). The zero-order valence-corrected chi connectivity index (χ0v) is 15.6. The summed E-state index contributed by atoms with van der Waals surface area (Å²) in [6.07, 6.45) is 3.82. The summed E-state index contributed by atoms with van der Waals surface area (Å²) in [5.74, 6) is -0.196. The number of rotatable bonds is 4. The van der Waals surface area contributed by atoms with Crippen molar-refractivity contribution in [3.8, 4) is 5.69 Å². The van der Waals surface area contributed by atoms with E-state index in [4.69, 9.17) is 0 Å². The summed E-state index contributed by atoms with van der Waals surface area (Å²) < 4.78 is 1.79. The molecule has 5 nitrogen and oxygen atoms in total. The highest BCUT2D eigenvalue weighted by Crippen LogP contribution is 2.22. The summed E-state index contributed by atoms with van der Waals surface area (Å²) in [4.78, 5) is 15.0. The maximum Gasteiger partial charge on any atom is 0.276 e. The predicted octanol–water partition coefficient (Wildman–Crippen LogP) is 4.42. The molecule has 2 heterocycles. The number of piperidine rings is 1. The number of aromatic nitrogens is 2. The number of nitrogens with one attached hydrogen (secondary N) is 1. The first-order valence-electron chi connectivity index (χ1n) is 9.49. The summed E-state index contributed by atoms with van der Waals surface area (Å²) in [6.45, 7) is 4.17. The maximum absolute atomic E-state index is 12.6. The molecule has 0 unspecified atom stereocenters. The molecule has 0 bridgehead atoms. The first kappa shape index (κ1) is 17.3. The van der Waals surface area contributed by atoms with Crippen LogP contribution in [0.2, 0.25) is 0 Å². The van der Waals surface area contributed by atoms with Crippen LogP contribution in [-0.2, 0) is 0 Å². The lowest BCUT2D eigenvalue weighted by Crippen LogP contribution is -2.29. The van der Waals surface area contributed by atoms with Crippen LogP contribution in [0.15, 0.2) is 60.7 Å². The second-order valence-electron chi connectivity index (χ2n) is 6.97. The van der Waals surface area contributed by atoms with Gasteiger partial charge in [-0.2, -0.15) is 5.10 Å². The smallest absolute Gasteiger partial charge is 0.276 e. The lowest BCUT2D eigenvalue weighted by Gasteiger charge is -2.28. The fraction of sp³-hybridized carbons (Fsp3) is 0.273. The van der Waals surface area contributed by atoms with Crippen molar-refractivity contribution in [1.29, 1.82) is 0 Å². The molecule has 2 aromatic carbocycles. The van der Waals surface area contributed by atoms with Crippen LogP contribution >= 0.6 is 0 Å². The Kier molecular flexibility index (Phi) is 4.92. The van der Waals surface area contributed by atoms with Gasteiger partial charge in [0.2, 0.25) is 0 Å². The monoisotopic (exact) mass is 360 g/mol. The van der Waals surface area contributed by atoms with Crippen molar-refractivity contribution in [3.63, 3.8) is 0 Å². The molecule has 138 valence electrons. The molecular formula is C22H24N4O. The second kappa shape index (κ2) is 7.66. The topological polar surface area (TPSA) is 50.2 Å². The molecule has 0 atom stereocenters. The maximum atomic E-state index is 12.6. The molecule has 3 aromatic rings. The molecule has 1 aliphatic rings. The van der Waals surface area contributed by atoms with Gasteiger partial charge in [-0.05, 0) is 68.7 Å². The fourth-order valence-electron chi connectivity index (χ4n) is 3.52. The number of carbonyl (C=O) groups excluding carboxylic acids is 1. The van der Waals surface area contributed by atoms with E-state index in [9.17, 15) is 4.79 Å². The molecule has 1 amide bonds. The number of nitrogens with zero attached hydrogens (tertiary/aromatic N) is 3. The molecule has 0 radical (unpaired) electrons. The predicted molar refractivity (Wildman–Crippen MR) is 109 cm³/mol. The molecule has 5 heteroatoms. The van der Waals surface area contributed by atoms with Gasteiger partial charge in [0.1, 0.15) is 0 Å². The van der Waals surface area contributed by atoms with Crippen LogP contribution in [-0.4, -0.2) is 28.8 Å². The number of carbonyl (C=O) groups is 1. The summed E-state index contributed by atoms with van der Waals surface area (Å²) in [6, 6.07) is 19.7. The van der Waals surface area contributed by atoms with Crippen molar-refractivity contribution in [1.82, 2.24) is 9.78 Å². The normalized spacial score (nSPS) is 14.2. The number of hydrogen-bond donors (Lipinski definition) is 1. The zero-order valence-electron chi connectivity index (χ0n) is 15.6. The van der Waals surface area contributed by atoms with Gasteiger partial charge in [0.15, 0.2) is 5.69 Å². The first-order valence-corrected chi connectivity index (χ1v) is 9.49. The molecule has 1 aliphatic heterocycles. The molecule has 1 aromatic heterocycles. The van der Waals surface area contributed by atoms with Crippen molar-refractivity contribution in [2.24, 2.45) is 0 Å². The first-order chi connectivity index (χ1) is 13.2. The molecule has 0 aliphatic carbocycles. The van der Waals surface area contributed by atoms with Gasteiger partial charge in [0.05, 0.1) is 5.69 Å². The van der Waals surface area contributed by atoms with Crippen LogP contribution in [0.4, 0.5) is 11.4 Å². The van der Waals surface area contributed by atoms with Crippen LogP contribution in [0, 0.1) is 6.92 Å². The quantitative estimate of drug-likeness (QED) is 0.749. The standard InChI is InChI=1S/C22H24N4O/c1-17-16-21(24-26(17)20-8-4-2-5-9-20)22(27)23-18-10-12-19(13-11-18)25-14-6-3-7-15-25/h2,4-5,8-13,16H,3,6-7,14-15H2,1H3,(H,23,27). The third-order valence-electron chi connectivity index (χ3n) is 4.97. The molecule has 1 saturated heterocycles. The van der Waals surface area contributed by atoms with Gasteiger partial charge in [0, 0.05) is 30.2 Å². The van der Waals surface area contributed by atoms with Gasteiger partial charge in [-0.3, -0.25) is 4.79 Å². The fourth-order valence-corrected chi connectivity index (χ4v) is 3.52. The summed E-state index contributed by atoms with van der Waals surface area (Å²) in [7, 11) is 0. The van der Waals surface area contributed by atoms with Gasteiger partial charge in [0.25, 0.3) is 5.91 Å². The van der Waals surface area contributed by atoms with E-state index < -0.39 is 0 Å². The third kappa shape index (κ3) is 3.87. The highest BCUT2D eigenvalue weighted by atomic mass is 16.1. The van der Waals surface area contributed by atoms with Crippen molar-refractivity contribution in [3.05, 3.63) is 72.1 Å². The van der Waals surface area contributed by atoms with Gasteiger partial charge in [-0.25, -0.2) is 4.68 Å². The van der Waals surface area contributed by atoms with Gasteiger partial charge < -0.3 is 10.2 Å². The van der Waals surface area contributed by atoms with Crippen molar-refractivity contribution in [2.45, 2.75) is 26.2 Å². The van der Waals surface area contributed by atoms with E-state index in [1.807, 2.05) is 55.5 Å². The third-order valence-corrected chi connectivity index (χ3v) is 4.97. The highest BCUT2D eigenvalue weighted by molar-refractivity contribution is 6.03. The van der Waals surface area contributed by atoms with E-state index in [0.717, 1.165) is 30.2 Å². The van der Waals surface area contributed by atoms with Crippen molar-refractivity contribution in [2.75, 3.05) is 23.3 Å². The van der Waals surface area contributed by atoms with Crippen molar-refractivity contribution < 1.29 is 4.79 Å². The number of para-hydroxylation sites is 1. The van der Waals surface area contributed by atoms with Crippen molar-refractivity contribution >= 4 is 17.3 Å². The highest BCUT2D eigenvalue weighted by Gasteiger charge is 2.14. The van der Waals surface area contributed by atoms with Crippen LogP contribution in [0.5, 0.6) is 0 Å². The average molecular weight is 360 g/mol. The van der Waals surface area contributed by atoms with Crippen LogP contribution < -0.4 is 10.2 Å². The van der Waals surface area contributed by atoms with E-state index in [0.29, 0.717) is 5.69 Å². The minimum atomic E-state index is -0.196. The SMILES string of the molecule is Cc1cc(C(=O)Nc2ccc(N3CCCCC3)cc2)nn1-c1ccccc1. The molecule has 1 fully saturated rings. The lowest BCUT2D eigenvalue weighted by atomic mass is 10.1.